The summed E-state index contributed by atoms with van der Waals surface area (Å²) in [5.41, 5.74) is 2.08. The molecule has 4 heteroatoms. The lowest BCUT2D eigenvalue weighted by Gasteiger charge is -2.21. The Morgan fingerprint density at radius 2 is 1.73 bits per heavy atom. The molecule has 0 saturated heterocycles. The summed E-state index contributed by atoms with van der Waals surface area (Å²) < 4.78 is 0. The van der Waals surface area contributed by atoms with Crippen molar-refractivity contribution in [1.82, 2.24) is 9.97 Å². The van der Waals surface area contributed by atoms with Crippen LogP contribution >= 0.6 is 0 Å². The summed E-state index contributed by atoms with van der Waals surface area (Å²) in [6.07, 6.45) is 1.06. The number of aromatic nitrogens is 2. The van der Waals surface area contributed by atoms with E-state index < -0.39 is 0 Å². The third-order valence-electron chi connectivity index (χ3n) is 3.84. The van der Waals surface area contributed by atoms with Gasteiger partial charge in [-0.05, 0) is 27.2 Å². The molecule has 1 atom stereocenters. The average Bonchev–Trinajstić information content (AvgIpc) is 2.56. The van der Waals surface area contributed by atoms with E-state index in [4.69, 9.17) is 9.97 Å². The standard InChI is InChI=1S/C18H26N4/c1-5-14(4)19-17-13-16(15-11-9-8-10-12-15)20-18(21-17)22(6-2)7-3/h8-14H,5-7H2,1-4H3,(H,19,20,21). The lowest BCUT2D eigenvalue weighted by Crippen LogP contribution is -2.25. The van der Waals surface area contributed by atoms with E-state index in [1.165, 1.54) is 0 Å². The number of hydrogen-bond donors (Lipinski definition) is 1. The van der Waals surface area contributed by atoms with Crippen LogP contribution in [0.25, 0.3) is 11.3 Å². The molecule has 0 aliphatic carbocycles. The molecule has 0 amide bonds. The van der Waals surface area contributed by atoms with Crippen LogP contribution in [0.3, 0.4) is 0 Å². The van der Waals surface area contributed by atoms with Crippen molar-refractivity contribution in [3.63, 3.8) is 0 Å². The van der Waals surface area contributed by atoms with Gasteiger partial charge in [0, 0.05) is 30.8 Å². The second-order valence-electron chi connectivity index (χ2n) is 5.43. The van der Waals surface area contributed by atoms with Gasteiger partial charge in [-0.2, -0.15) is 4.98 Å². The number of anilines is 2. The quantitative estimate of drug-likeness (QED) is 0.831. The maximum absolute atomic E-state index is 4.75. The van der Waals surface area contributed by atoms with Crippen molar-refractivity contribution in [3.05, 3.63) is 36.4 Å². The van der Waals surface area contributed by atoms with E-state index in [1.54, 1.807) is 0 Å². The number of hydrogen-bond acceptors (Lipinski definition) is 4. The van der Waals surface area contributed by atoms with Crippen molar-refractivity contribution >= 4 is 11.8 Å². The van der Waals surface area contributed by atoms with Crippen LogP contribution in [0.15, 0.2) is 36.4 Å². The van der Waals surface area contributed by atoms with E-state index >= 15 is 0 Å². The first-order valence-electron chi connectivity index (χ1n) is 8.13. The minimum absolute atomic E-state index is 0.392. The predicted molar refractivity (Wildman–Crippen MR) is 94.4 cm³/mol. The predicted octanol–water partition coefficient (Wildman–Crippen LogP) is 4.20. The fourth-order valence-corrected chi connectivity index (χ4v) is 2.27. The minimum Gasteiger partial charge on any atom is -0.367 e. The summed E-state index contributed by atoms with van der Waals surface area (Å²) in [7, 11) is 0. The van der Waals surface area contributed by atoms with Crippen LogP contribution in [-0.2, 0) is 0 Å². The largest absolute Gasteiger partial charge is 0.367 e. The van der Waals surface area contributed by atoms with Gasteiger partial charge in [0.05, 0.1) is 5.69 Å². The Bertz CT molecular complexity index is 579. The summed E-state index contributed by atoms with van der Waals surface area (Å²) in [6.45, 7) is 10.4. The zero-order valence-electron chi connectivity index (χ0n) is 14.0. The Labute approximate surface area is 133 Å². The number of rotatable bonds is 7. The molecule has 2 aromatic rings. The molecule has 1 N–H and O–H groups in total. The molecule has 4 nitrogen and oxygen atoms in total. The third kappa shape index (κ3) is 3.97. The summed E-state index contributed by atoms with van der Waals surface area (Å²) in [4.78, 5) is 11.6. The highest BCUT2D eigenvalue weighted by molar-refractivity contribution is 5.64. The molecule has 0 aliphatic rings. The van der Waals surface area contributed by atoms with E-state index in [9.17, 15) is 0 Å². The highest BCUT2D eigenvalue weighted by atomic mass is 15.3. The van der Waals surface area contributed by atoms with Crippen molar-refractivity contribution in [2.75, 3.05) is 23.3 Å². The van der Waals surface area contributed by atoms with Gasteiger partial charge in [0.2, 0.25) is 5.95 Å². The maximum atomic E-state index is 4.75. The Morgan fingerprint density at radius 3 is 2.32 bits per heavy atom. The number of benzene rings is 1. The summed E-state index contributed by atoms with van der Waals surface area (Å²) >= 11 is 0. The molecule has 22 heavy (non-hydrogen) atoms. The summed E-state index contributed by atoms with van der Waals surface area (Å²) in [5.74, 6) is 1.68. The molecular formula is C18H26N4. The van der Waals surface area contributed by atoms with Gasteiger partial charge >= 0.3 is 0 Å². The lowest BCUT2D eigenvalue weighted by molar-refractivity contribution is 0.755. The first-order valence-corrected chi connectivity index (χ1v) is 8.13. The lowest BCUT2D eigenvalue weighted by atomic mass is 10.1. The maximum Gasteiger partial charge on any atom is 0.227 e. The molecule has 1 aromatic heterocycles. The van der Waals surface area contributed by atoms with Crippen LogP contribution in [0.2, 0.25) is 0 Å². The van der Waals surface area contributed by atoms with Crippen molar-refractivity contribution < 1.29 is 0 Å². The fraction of sp³-hybridized carbons (Fsp3) is 0.444. The molecule has 1 heterocycles. The highest BCUT2D eigenvalue weighted by Crippen LogP contribution is 2.23. The third-order valence-corrected chi connectivity index (χ3v) is 3.84. The Hall–Kier alpha value is -2.10. The van der Waals surface area contributed by atoms with Gasteiger partial charge < -0.3 is 10.2 Å². The van der Waals surface area contributed by atoms with Gasteiger partial charge in [-0.1, -0.05) is 37.3 Å². The van der Waals surface area contributed by atoms with Crippen molar-refractivity contribution in [1.29, 1.82) is 0 Å². The molecule has 1 aromatic carbocycles. The van der Waals surface area contributed by atoms with Gasteiger partial charge in [-0.25, -0.2) is 4.98 Å². The van der Waals surface area contributed by atoms with Crippen LogP contribution < -0.4 is 10.2 Å². The fourth-order valence-electron chi connectivity index (χ4n) is 2.27. The van der Waals surface area contributed by atoms with E-state index in [2.05, 4.69) is 50.0 Å². The zero-order chi connectivity index (χ0) is 15.9. The van der Waals surface area contributed by atoms with Gasteiger partial charge in [-0.3, -0.25) is 0 Å². The molecule has 0 fully saturated rings. The molecular weight excluding hydrogens is 272 g/mol. The molecule has 0 radical (unpaired) electrons. The average molecular weight is 298 g/mol. The van der Waals surface area contributed by atoms with E-state index in [1.807, 2.05) is 24.3 Å². The summed E-state index contributed by atoms with van der Waals surface area (Å²) in [6, 6.07) is 12.7. The molecule has 0 spiro atoms. The summed E-state index contributed by atoms with van der Waals surface area (Å²) in [5, 5.41) is 3.47. The smallest absolute Gasteiger partial charge is 0.227 e. The van der Waals surface area contributed by atoms with Gasteiger partial charge in [0.1, 0.15) is 5.82 Å². The molecule has 1 unspecified atom stereocenters. The first-order chi connectivity index (χ1) is 10.7. The normalized spacial score (nSPS) is 12.0. The second-order valence-corrected chi connectivity index (χ2v) is 5.43. The van der Waals surface area contributed by atoms with E-state index in [-0.39, 0.29) is 0 Å². The Kier molecular flexibility index (Phi) is 5.75. The van der Waals surface area contributed by atoms with E-state index in [0.717, 1.165) is 42.5 Å². The molecule has 118 valence electrons. The van der Waals surface area contributed by atoms with Gasteiger partial charge in [0.15, 0.2) is 0 Å². The minimum atomic E-state index is 0.392. The Balaban J connectivity index is 2.44. The molecule has 0 saturated carbocycles. The van der Waals surface area contributed by atoms with Gasteiger partial charge in [-0.15, -0.1) is 0 Å². The van der Waals surface area contributed by atoms with Crippen LogP contribution in [0.4, 0.5) is 11.8 Å². The van der Waals surface area contributed by atoms with Crippen molar-refractivity contribution in [2.45, 2.75) is 40.2 Å². The second kappa shape index (κ2) is 7.78. The Morgan fingerprint density at radius 1 is 1.05 bits per heavy atom. The number of nitrogens with zero attached hydrogens (tertiary/aromatic N) is 3. The van der Waals surface area contributed by atoms with Gasteiger partial charge in [0.25, 0.3) is 0 Å². The highest BCUT2D eigenvalue weighted by Gasteiger charge is 2.12. The molecule has 0 bridgehead atoms. The first kappa shape index (κ1) is 16.3. The topological polar surface area (TPSA) is 41.1 Å². The van der Waals surface area contributed by atoms with E-state index in [0.29, 0.717) is 6.04 Å². The number of nitrogens with one attached hydrogen (secondary N) is 1. The van der Waals surface area contributed by atoms with Crippen molar-refractivity contribution in [2.24, 2.45) is 0 Å². The van der Waals surface area contributed by atoms with Crippen LogP contribution in [0, 0.1) is 0 Å². The van der Waals surface area contributed by atoms with Crippen LogP contribution in [0.5, 0.6) is 0 Å². The molecule has 2 rings (SSSR count). The molecule has 0 aliphatic heterocycles. The van der Waals surface area contributed by atoms with Crippen LogP contribution in [-0.4, -0.2) is 29.1 Å². The SMILES string of the molecule is CCC(C)Nc1cc(-c2ccccc2)nc(N(CC)CC)n1. The zero-order valence-corrected chi connectivity index (χ0v) is 14.0. The van der Waals surface area contributed by atoms with Crippen molar-refractivity contribution in [3.8, 4) is 11.3 Å². The van der Waals surface area contributed by atoms with Crippen LogP contribution in [0.1, 0.15) is 34.1 Å². The monoisotopic (exact) mass is 298 g/mol.